The van der Waals surface area contributed by atoms with Gasteiger partial charge >= 0.3 is 11.9 Å². The molecule has 6 nitrogen and oxygen atoms in total. The van der Waals surface area contributed by atoms with Crippen LogP contribution in [0.2, 0.25) is 0 Å². The van der Waals surface area contributed by atoms with Crippen molar-refractivity contribution in [3.63, 3.8) is 0 Å². The zero-order chi connectivity index (χ0) is 24.4. The van der Waals surface area contributed by atoms with Crippen molar-refractivity contribution in [1.82, 2.24) is 0 Å². The van der Waals surface area contributed by atoms with Gasteiger partial charge in [-0.05, 0) is 42.5 Å². The van der Waals surface area contributed by atoms with Gasteiger partial charge in [-0.2, -0.15) is 0 Å². The molecule has 0 N–H and O–H groups in total. The Bertz CT molecular complexity index is 967. The van der Waals surface area contributed by atoms with E-state index in [4.69, 9.17) is 9.47 Å². The second kappa shape index (κ2) is 13.4. The van der Waals surface area contributed by atoms with Gasteiger partial charge in [-0.1, -0.05) is 70.0 Å². The second-order valence-electron chi connectivity index (χ2n) is 7.93. The molecular weight excluding hydrogens is 556 g/mol. The van der Waals surface area contributed by atoms with Gasteiger partial charge in [0.15, 0.2) is 24.8 Å². The Morgan fingerprint density at radius 3 is 1.58 bits per heavy atom. The molecule has 0 aliphatic heterocycles. The lowest BCUT2D eigenvalue weighted by Gasteiger charge is -2.19. The van der Waals surface area contributed by atoms with E-state index in [2.05, 4.69) is 31.9 Å². The molecule has 33 heavy (non-hydrogen) atoms. The standard InChI is InChI=1S/C25H26Br2O6/c1-16(2)19(13-25(31)33-15-23(29)18-5-10-21(27)11-6-18)7-12-24(30)32-14-22(28)17-3-8-20(26)9-4-17/h3-6,8-11,16,19H,7,12-15H2,1-2H3/t19-/m1/s1. The average Bonchev–Trinajstić information content (AvgIpc) is 2.79. The topological polar surface area (TPSA) is 86.7 Å². The van der Waals surface area contributed by atoms with Gasteiger partial charge in [0.2, 0.25) is 0 Å². The van der Waals surface area contributed by atoms with E-state index in [0.29, 0.717) is 17.5 Å². The Morgan fingerprint density at radius 2 is 1.15 bits per heavy atom. The Kier molecular flexibility index (Phi) is 10.9. The predicted octanol–water partition coefficient (Wildman–Crippen LogP) is 5.81. The normalized spacial score (nSPS) is 11.7. The van der Waals surface area contributed by atoms with E-state index >= 15 is 0 Å². The van der Waals surface area contributed by atoms with Crippen LogP contribution in [0.3, 0.4) is 0 Å². The van der Waals surface area contributed by atoms with E-state index < -0.39 is 11.9 Å². The van der Waals surface area contributed by atoms with Crippen molar-refractivity contribution >= 4 is 55.4 Å². The first-order valence-corrected chi connectivity index (χ1v) is 12.1. The molecule has 2 rings (SSSR count). The number of Topliss-reactive ketones (excluding diaryl/α,β-unsaturated/α-hetero) is 2. The number of ether oxygens (including phenoxy) is 2. The molecule has 2 aromatic rings. The molecule has 0 bridgehead atoms. The monoisotopic (exact) mass is 580 g/mol. The highest BCUT2D eigenvalue weighted by Gasteiger charge is 2.21. The van der Waals surface area contributed by atoms with Gasteiger partial charge in [0.05, 0.1) is 0 Å². The van der Waals surface area contributed by atoms with Crippen molar-refractivity contribution in [2.24, 2.45) is 11.8 Å². The third-order valence-corrected chi connectivity index (χ3v) is 6.21. The zero-order valence-electron chi connectivity index (χ0n) is 18.5. The number of benzene rings is 2. The first-order valence-electron chi connectivity index (χ1n) is 10.5. The summed E-state index contributed by atoms with van der Waals surface area (Å²) in [4.78, 5) is 48.6. The lowest BCUT2D eigenvalue weighted by molar-refractivity contribution is -0.146. The maximum atomic E-state index is 12.2. The lowest BCUT2D eigenvalue weighted by atomic mass is 9.88. The number of esters is 2. The van der Waals surface area contributed by atoms with Crippen molar-refractivity contribution in [2.45, 2.75) is 33.1 Å². The average molecular weight is 582 g/mol. The summed E-state index contributed by atoms with van der Waals surface area (Å²) in [6.07, 6.45) is 0.594. The molecule has 0 unspecified atom stereocenters. The summed E-state index contributed by atoms with van der Waals surface area (Å²) in [5.74, 6) is -1.54. The highest BCUT2D eigenvalue weighted by molar-refractivity contribution is 9.10. The van der Waals surface area contributed by atoms with Gasteiger partial charge in [0, 0.05) is 32.9 Å². The summed E-state index contributed by atoms with van der Waals surface area (Å²) in [7, 11) is 0. The maximum Gasteiger partial charge on any atom is 0.306 e. The van der Waals surface area contributed by atoms with Crippen LogP contribution in [0, 0.1) is 11.8 Å². The van der Waals surface area contributed by atoms with Crippen LogP contribution < -0.4 is 0 Å². The SMILES string of the molecule is CC(C)[C@H](CCC(=O)OCC(=O)c1ccc(Br)cc1)CC(=O)OCC(=O)c1ccc(Br)cc1. The van der Waals surface area contributed by atoms with Crippen LogP contribution in [0.25, 0.3) is 0 Å². The zero-order valence-corrected chi connectivity index (χ0v) is 21.7. The molecule has 0 heterocycles. The molecule has 0 saturated heterocycles. The van der Waals surface area contributed by atoms with Crippen molar-refractivity contribution < 1.29 is 28.7 Å². The lowest BCUT2D eigenvalue weighted by Crippen LogP contribution is -2.21. The van der Waals surface area contributed by atoms with E-state index in [-0.39, 0.29) is 49.5 Å². The molecule has 8 heteroatoms. The van der Waals surface area contributed by atoms with Gasteiger partial charge < -0.3 is 9.47 Å². The number of rotatable bonds is 12. The van der Waals surface area contributed by atoms with Crippen molar-refractivity contribution in [1.29, 1.82) is 0 Å². The van der Waals surface area contributed by atoms with Crippen LogP contribution in [0.5, 0.6) is 0 Å². The van der Waals surface area contributed by atoms with Crippen LogP contribution in [0.4, 0.5) is 0 Å². The summed E-state index contributed by atoms with van der Waals surface area (Å²) in [6.45, 7) is 3.25. The van der Waals surface area contributed by atoms with E-state index in [9.17, 15) is 19.2 Å². The molecule has 2 aromatic carbocycles. The van der Waals surface area contributed by atoms with Crippen molar-refractivity contribution in [3.05, 3.63) is 68.6 Å². The number of hydrogen-bond donors (Lipinski definition) is 0. The molecule has 0 aliphatic rings. The smallest absolute Gasteiger partial charge is 0.306 e. The molecule has 0 aliphatic carbocycles. The minimum Gasteiger partial charge on any atom is -0.457 e. The Hall–Kier alpha value is -2.32. The fourth-order valence-electron chi connectivity index (χ4n) is 3.05. The molecule has 0 spiro atoms. The van der Waals surface area contributed by atoms with Crippen LogP contribution in [0.15, 0.2) is 57.5 Å². The third-order valence-electron chi connectivity index (χ3n) is 5.15. The Morgan fingerprint density at radius 1 is 0.727 bits per heavy atom. The number of ketones is 2. The first-order chi connectivity index (χ1) is 15.7. The van der Waals surface area contributed by atoms with Crippen LogP contribution in [0.1, 0.15) is 53.8 Å². The first kappa shape index (κ1) is 26.9. The Balaban J connectivity index is 1.75. The van der Waals surface area contributed by atoms with E-state index in [0.717, 1.165) is 8.95 Å². The fraction of sp³-hybridized carbons (Fsp3) is 0.360. The van der Waals surface area contributed by atoms with E-state index in [1.54, 1.807) is 48.5 Å². The number of carbonyl (C=O) groups is 4. The summed E-state index contributed by atoms with van der Waals surface area (Å²) in [5, 5.41) is 0. The predicted molar refractivity (Wildman–Crippen MR) is 131 cm³/mol. The number of halogens is 2. The number of carbonyl (C=O) groups excluding carboxylic acids is 4. The fourth-order valence-corrected chi connectivity index (χ4v) is 3.58. The summed E-state index contributed by atoms with van der Waals surface area (Å²) >= 11 is 6.61. The summed E-state index contributed by atoms with van der Waals surface area (Å²) in [5.41, 5.74) is 0.929. The van der Waals surface area contributed by atoms with Crippen LogP contribution >= 0.6 is 31.9 Å². The van der Waals surface area contributed by atoms with Crippen molar-refractivity contribution in [3.8, 4) is 0 Å². The quantitative estimate of drug-likeness (QED) is 0.232. The molecule has 0 saturated carbocycles. The molecule has 0 radical (unpaired) electrons. The van der Waals surface area contributed by atoms with Gasteiger partial charge in [0.25, 0.3) is 0 Å². The summed E-state index contributed by atoms with van der Waals surface area (Å²) < 4.78 is 12.0. The molecule has 1 atom stereocenters. The summed E-state index contributed by atoms with van der Waals surface area (Å²) in [6, 6.07) is 13.6. The van der Waals surface area contributed by atoms with Crippen LogP contribution in [-0.2, 0) is 19.1 Å². The third kappa shape index (κ3) is 9.60. The van der Waals surface area contributed by atoms with E-state index in [1.165, 1.54) is 0 Å². The van der Waals surface area contributed by atoms with Gasteiger partial charge in [-0.25, -0.2) is 0 Å². The van der Waals surface area contributed by atoms with Crippen molar-refractivity contribution in [2.75, 3.05) is 13.2 Å². The maximum absolute atomic E-state index is 12.2. The molecule has 176 valence electrons. The van der Waals surface area contributed by atoms with E-state index in [1.807, 2.05) is 13.8 Å². The minimum absolute atomic E-state index is 0.0849. The van der Waals surface area contributed by atoms with Gasteiger partial charge in [-0.3, -0.25) is 19.2 Å². The van der Waals surface area contributed by atoms with Gasteiger partial charge in [0.1, 0.15) is 0 Å². The highest BCUT2D eigenvalue weighted by atomic mass is 79.9. The van der Waals surface area contributed by atoms with Crippen LogP contribution in [-0.4, -0.2) is 36.7 Å². The molecular formula is C25H26Br2O6. The second-order valence-corrected chi connectivity index (χ2v) is 9.76. The Labute approximate surface area is 210 Å². The van der Waals surface area contributed by atoms with Gasteiger partial charge in [-0.15, -0.1) is 0 Å². The molecule has 0 fully saturated rings. The number of hydrogen-bond acceptors (Lipinski definition) is 6. The molecule has 0 amide bonds. The minimum atomic E-state index is -0.495. The highest BCUT2D eigenvalue weighted by Crippen LogP contribution is 2.22. The largest absolute Gasteiger partial charge is 0.457 e. The molecule has 0 aromatic heterocycles.